The van der Waals surface area contributed by atoms with E-state index in [0.29, 0.717) is 49.0 Å². The molecule has 2 aromatic heterocycles. The van der Waals surface area contributed by atoms with Crippen molar-refractivity contribution in [3.05, 3.63) is 35.8 Å². The highest BCUT2D eigenvalue weighted by Crippen LogP contribution is 2.37. The lowest BCUT2D eigenvalue weighted by molar-refractivity contribution is -0.122. The van der Waals surface area contributed by atoms with Crippen molar-refractivity contribution >= 4 is 40.7 Å². The lowest BCUT2D eigenvalue weighted by Crippen LogP contribution is -2.51. The molecule has 1 saturated heterocycles. The highest BCUT2D eigenvalue weighted by Gasteiger charge is 2.35. The van der Waals surface area contributed by atoms with Gasteiger partial charge in [-0.15, -0.1) is 0 Å². The summed E-state index contributed by atoms with van der Waals surface area (Å²) in [6, 6.07) is 0.140. The number of aromatic nitrogens is 4. The van der Waals surface area contributed by atoms with Crippen LogP contribution in [0, 0.1) is 23.4 Å². The number of primary amides is 1. The molecule has 232 valence electrons. The van der Waals surface area contributed by atoms with E-state index in [1.807, 2.05) is 0 Å². The number of anilines is 3. The Kier molecular flexibility index (Phi) is 8.34. The number of nitrogens with two attached hydrogens (primary N) is 1. The van der Waals surface area contributed by atoms with Crippen LogP contribution in [-0.2, 0) is 9.53 Å². The summed E-state index contributed by atoms with van der Waals surface area (Å²) in [6.45, 7) is 5.31. The van der Waals surface area contributed by atoms with Gasteiger partial charge in [0.1, 0.15) is 28.8 Å². The van der Waals surface area contributed by atoms with E-state index >= 15 is 4.39 Å². The fourth-order valence-corrected chi connectivity index (χ4v) is 5.51. The molecule has 0 spiro atoms. The second kappa shape index (κ2) is 11.8. The molecule has 4 N–H and O–H groups in total. The average molecular weight is 607 g/mol. The van der Waals surface area contributed by atoms with Crippen LogP contribution in [0.15, 0.2) is 18.3 Å². The predicted molar refractivity (Wildman–Crippen MR) is 150 cm³/mol. The first-order chi connectivity index (χ1) is 20.3. The molecule has 11 nitrogen and oxygen atoms in total. The van der Waals surface area contributed by atoms with Crippen molar-refractivity contribution in [1.82, 2.24) is 24.4 Å². The number of alkyl halides is 1. The number of amides is 2. The fraction of sp³-hybridized carbons (Fsp3) is 0.536. The average Bonchev–Trinajstić information content (AvgIpc) is 3.28. The minimum absolute atomic E-state index is 0.0439. The first kappa shape index (κ1) is 30.3. The van der Waals surface area contributed by atoms with E-state index in [0.717, 1.165) is 0 Å². The Labute approximate surface area is 245 Å². The maximum Gasteiger partial charge on any atom is 0.410 e. The zero-order valence-corrected chi connectivity index (χ0v) is 24.0. The van der Waals surface area contributed by atoms with E-state index in [1.54, 1.807) is 25.3 Å². The van der Waals surface area contributed by atoms with E-state index in [2.05, 4.69) is 25.6 Å². The number of imidazole rings is 1. The quantitative estimate of drug-likeness (QED) is 0.335. The van der Waals surface area contributed by atoms with E-state index in [4.69, 9.17) is 10.5 Å². The van der Waals surface area contributed by atoms with Crippen molar-refractivity contribution in [2.24, 2.45) is 11.7 Å². The van der Waals surface area contributed by atoms with E-state index < -0.39 is 53.0 Å². The highest BCUT2D eigenvalue weighted by molar-refractivity contribution is 5.78. The number of halogens is 4. The third-order valence-electron chi connectivity index (χ3n) is 7.65. The van der Waals surface area contributed by atoms with Crippen molar-refractivity contribution in [1.29, 1.82) is 0 Å². The molecule has 1 saturated carbocycles. The Morgan fingerprint density at radius 3 is 2.33 bits per heavy atom. The first-order valence-electron chi connectivity index (χ1n) is 14.1. The molecule has 2 fully saturated rings. The molecule has 2 amide bonds. The van der Waals surface area contributed by atoms with Crippen molar-refractivity contribution in [3.8, 4) is 0 Å². The zero-order valence-electron chi connectivity index (χ0n) is 24.0. The van der Waals surface area contributed by atoms with Gasteiger partial charge in [-0.2, -0.15) is 4.98 Å². The minimum Gasteiger partial charge on any atom is -0.444 e. The van der Waals surface area contributed by atoms with Gasteiger partial charge in [0.25, 0.3) is 0 Å². The normalized spacial score (nSPS) is 22.8. The van der Waals surface area contributed by atoms with E-state index in [-0.39, 0.29) is 43.4 Å². The number of benzene rings is 1. The Morgan fingerprint density at radius 1 is 1.05 bits per heavy atom. The summed E-state index contributed by atoms with van der Waals surface area (Å²) >= 11 is 0. The molecular formula is C28H34F4N8O3. The van der Waals surface area contributed by atoms with Gasteiger partial charge < -0.3 is 26.0 Å². The second-order valence-electron chi connectivity index (χ2n) is 12.0. The number of rotatable bonds is 6. The van der Waals surface area contributed by atoms with Crippen LogP contribution < -0.4 is 16.4 Å². The van der Waals surface area contributed by atoms with Crippen LogP contribution in [0.25, 0.3) is 11.2 Å². The minimum atomic E-state index is -1.43. The van der Waals surface area contributed by atoms with Gasteiger partial charge in [0.15, 0.2) is 17.3 Å². The van der Waals surface area contributed by atoms with Gasteiger partial charge in [0.2, 0.25) is 17.8 Å². The number of hydrogen-bond acceptors (Lipinski definition) is 8. The van der Waals surface area contributed by atoms with Gasteiger partial charge in [-0.1, -0.05) is 0 Å². The molecule has 3 aromatic rings. The summed E-state index contributed by atoms with van der Waals surface area (Å²) in [5.41, 5.74) is 4.81. The molecule has 1 aliphatic heterocycles. The van der Waals surface area contributed by atoms with Gasteiger partial charge in [-0.05, 0) is 52.9 Å². The van der Waals surface area contributed by atoms with E-state index in [1.165, 1.54) is 11.1 Å². The molecule has 2 atom stereocenters. The summed E-state index contributed by atoms with van der Waals surface area (Å²) < 4.78 is 64.8. The maximum absolute atomic E-state index is 15.2. The number of likely N-dealkylation sites (tertiary alicyclic amines) is 1. The number of carbonyl (C=O) groups is 2. The molecule has 0 radical (unpaired) electrons. The topological polar surface area (TPSA) is 140 Å². The summed E-state index contributed by atoms with van der Waals surface area (Å²) in [5.74, 6) is -3.90. The smallest absolute Gasteiger partial charge is 0.410 e. The van der Waals surface area contributed by atoms with Crippen LogP contribution >= 0.6 is 0 Å². The zero-order chi connectivity index (χ0) is 31.1. The van der Waals surface area contributed by atoms with Crippen LogP contribution in [0.5, 0.6) is 0 Å². The molecule has 1 aliphatic carbocycles. The summed E-state index contributed by atoms with van der Waals surface area (Å²) in [7, 11) is 0. The number of fused-ring (bicyclic) bond motifs is 1. The number of ether oxygens (including phenoxy) is 1. The van der Waals surface area contributed by atoms with Crippen LogP contribution in [-0.4, -0.2) is 67.3 Å². The Hall–Kier alpha value is -4.17. The second-order valence-corrected chi connectivity index (χ2v) is 12.0. The number of piperidine rings is 1. The number of hydrogen-bond donors (Lipinski definition) is 3. The Balaban J connectivity index is 1.41. The molecular weight excluding hydrogens is 572 g/mol. The third-order valence-corrected chi connectivity index (χ3v) is 7.65. The lowest BCUT2D eigenvalue weighted by atomic mass is 9.85. The standard InChI is InChI=1S/C28H34F4N8O3/c1-28(2,3)43-27(42)39-9-8-20(19(32)13-39)35-25-34-12-21-24(38-25)40(16-6-4-14(5-7-16)23(33)41)26(36-21)37-22-17(30)10-15(29)11-18(22)31/h10-12,14,16,19-20H,4-9,13H2,1-3H3,(H2,33,41)(H,36,37)(H,34,35,38)/t14?,16?,19-,20+/m1/s1. The Bertz CT molecular complexity index is 1500. The molecule has 0 unspecified atom stereocenters. The van der Waals surface area contributed by atoms with Gasteiger partial charge in [0, 0.05) is 30.6 Å². The molecule has 2 aliphatic rings. The summed E-state index contributed by atoms with van der Waals surface area (Å²) in [5, 5.41) is 5.65. The van der Waals surface area contributed by atoms with Crippen LogP contribution in [0.3, 0.4) is 0 Å². The fourth-order valence-electron chi connectivity index (χ4n) is 5.51. The number of carbonyl (C=O) groups excluding carboxylic acids is 2. The van der Waals surface area contributed by atoms with Crippen LogP contribution in [0.4, 0.5) is 39.9 Å². The SMILES string of the molecule is CC(C)(C)OC(=O)N1CC[C@H](Nc2ncc3nc(Nc4c(F)cc(F)cc4F)n(C4CCC(C(N)=O)CC4)c3n2)[C@H](F)C1. The number of nitrogens with zero attached hydrogens (tertiary/aromatic N) is 5. The van der Waals surface area contributed by atoms with Gasteiger partial charge >= 0.3 is 6.09 Å². The van der Waals surface area contributed by atoms with Gasteiger partial charge in [0.05, 0.1) is 18.8 Å². The molecule has 15 heteroatoms. The molecule has 0 bridgehead atoms. The van der Waals surface area contributed by atoms with Crippen molar-refractivity contribution in [3.63, 3.8) is 0 Å². The van der Waals surface area contributed by atoms with Crippen molar-refractivity contribution in [2.45, 2.75) is 76.7 Å². The van der Waals surface area contributed by atoms with Crippen LogP contribution in [0.1, 0.15) is 58.9 Å². The molecule has 5 rings (SSSR count). The lowest BCUT2D eigenvalue weighted by Gasteiger charge is -2.35. The monoisotopic (exact) mass is 606 g/mol. The predicted octanol–water partition coefficient (Wildman–Crippen LogP) is 4.96. The summed E-state index contributed by atoms with van der Waals surface area (Å²) in [4.78, 5) is 38.8. The third kappa shape index (κ3) is 6.75. The molecule has 1 aromatic carbocycles. The summed E-state index contributed by atoms with van der Waals surface area (Å²) in [6.07, 6.45) is 1.65. The largest absolute Gasteiger partial charge is 0.444 e. The molecule has 3 heterocycles. The van der Waals surface area contributed by atoms with Crippen LogP contribution in [0.2, 0.25) is 0 Å². The number of nitrogens with one attached hydrogen (secondary N) is 2. The maximum atomic E-state index is 15.2. The van der Waals surface area contributed by atoms with Crippen molar-refractivity contribution < 1.29 is 31.9 Å². The molecule has 43 heavy (non-hydrogen) atoms. The van der Waals surface area contributed by atoms with Crippen molar-refractivity contribution in [2.75, 3.05) is 23.7 Å². The van der Waals surface area contributed by atoms with Gasteiger partial charge in [-0.3, -0.25) is 9.36 Å². The Morgan fingerprint density at radius 2 is 1.72 bits per heavy atom. The van der Waals surface area contributed by atoms with E-state index in [9.17, 15) is 22.8 Å². The highest BCUT2D eigenvalue weighted by atomic mass is 19.1. The first-order valence-corrected chi connectivity index (χ1v) is 14.1. The van der Waals surface area contributed by atoms with Gasteiger partial charge in [-0.25, -0.2) is 32.3 Å².